The van der Waals surface area contributed by atoms with Gasteiger partial charge in [-0.05, 0) is 38.0 Å². The maximum Gasteiger partial charge on any atom is 0.387 e. The second-order valence-corrected chi connectivity index (χ2v) is 5.60. The predicted octanol–water partition coefficient (Wildman–Crippen LogP) is 2.61. The molecule has 1 aromatic carbocycles. The fraction of sp³-hybridized carbons (Fsp3) is 0.467. The van der Waals surface area contributed by atoms with Crippen LogP contribution in [0.1, 0.15) is 30.1 Å². The van der Waals surface area contributed by atoms with Gasteiger partial charge in [0.25, 0.3) is 5.91 Å². The van der Waals surface area contributed by atoms with Crippen molar-refractivity contribution >= 4 is 11.9 Å². The Balaban J connectivity index is 2.16. The molecule has 22 heavy (non-hydrogen) atoms. The molecule has 1 heterocycles. The van der Waals surface area contributed by atoms with Crippen LogP contribution in [0.3, 0.4) is 0 Å². The molecule has 0 aromatic heterocycles. The minimum atomic E-state index is -2.96. The van der Waals surface area contributed by atoms with Crippen molar-refractivity contribution in [1.82, 2.24) is 4.90 Å². The van der Waals surface area contributed by atoms with E-state index in [2.05, 4.69) is 4.74 Å². The van der Waals surface area contributed by atoms with Gasteiger partial charge < -0.3 is 14.7 Å². The minimum absolute atomic E-state index is 0.0983. The van der Waals surface area contributed by atoms with Crippen molar-refractivity contribution in [1.29, 1.82) is 0 Å². The number of alkyl halides is 2. The molecule has 2 rings (SSSR count). The number of piperidine rings is 1. The van der Waals surface area contributed by atoms with E-state index in [4.69, 9.17) is 0 Å². The Labute approximate surface area is 126 Å². The van der Waals surface area contributed by atoms with Crippen molar-refractivity contribution in [2.45, 2.75) is 26.4 Å². The summed E-state index contributed by atoms with van der Waals surface area (Å²) in [6.07, 6.45) is 1.09. The van der Waals surface area contributed by atoms with E-state index >= 15 is 0 Å². The number of ether oxygens (including phenoxy) is 1. The first-order chi connectivity index (χ1) is 10.3. The van der Waals surface area contributed by atoms with E-state index in [1.807, 2.05) is 0 Å². The van der Waals surface area contributed by atoms with Crippen molar-refractivity contribution in [2.24, 2.45) is 5.41 Å². The Morgan fingerprint density at radius 1 is 1.41 bits per heavy atom. The van der Waals surface area contributed by atoms with Crippen LogP contribution in [0.15, 0.2) is 24.3 Å². The maximum absolute atomic E-state index is 12.4. The molecule has 5 nitrogen and oxygen atoms in total. The molecule has 1 atom stereocenters. The van der Waals surface area contributed by atoms with E-state index in [-0.39, 0.29) is 23.8 Å². The summed E-state index contributed by atoms with van der Waals surface area (Å²) in [5.74, 6) is -1.43. The van der Waals surface area contributed by atoms with Gasteiger partial charge in [-0.25, -0.2) is 0 Å². The number of likely N-dealkylation sites (tertiary alicyclic amines) is 1. The molecule has 1 N–H and O–H groups in total. The largest absolute Gasteiger partial charge is 0.481 e. The topological polar surface area (TPSA) is 66.8 Å². The predicted molar refractivity (Wildman–Crippen MR) is 74.0 cm³/mol. The van der Waals surface area contributed by atoms with Gasteiger partial charge in [-0.2, -0.15) is 8.78 Å². The number of halogens is 2. The third-order valence-corrected chi connectivity index (χ3v) is 3.81. The second-order valence-electron chi connectivity index (χ2n) is 5.60. The number of rotatable bonds is 4. The van der Waals surface area contributed by atoms with Crippen LogP contribution in [0.25, 0.3) is 0 Å². The van der Waals surface area contributed by atoms with Crippen molar-refractivity contribution in [3.8, 4) is 5.75 Å². The van der Waals surface area contributed by atoms with E-state index in [1.54, 1.807) is 6.92 Å². The Morgan fingerprint density at radius 3 is 2.77 bits per heavy atom. The van der Waals surface area contributed by atoms with Crippen LogP contribution < -0.4 is 4.74 Å². The Kier molecular flexibility index (Phi) is 4.63. The molecule has 0 radical (unpaired) electrons. The van der Waals surface area contributed by atoms with Crippen LogP contribution in [-0.2, 0) is 4.79 Å². The summed E-state index contributed by atoms with van der Waals surface area (Å²) >= 11 is 0. The van der Waals surface area contributed by atoms with Gasteiger partial charge in [-0.3, -0.25) is 9.59 Å². The molecule has 1 aliphatic rings. The van der Waals surface area contributed by atoms with Crippen LogP contribution in [-0.4, -0.2) is 41.6 Å². The molecule has 0 saturated carbocycles. The van der Waals surface area contributed by atoms with E-state index in [0.717, 1.165) is 0 Å². The SMILES string of the molecule is CC1(C(=O)O)CCCN(C(=O)c2cccc(OC(F)F)c2)C1. The summed E-state index contributed by atoms with van der Waals surface area (Å²) in [4.78, 5) is 25.2. The molecule has 120 valence electrons. The van der Waals surface area contributed by atoms with Gasteiger partial charge in [0, 0.05) is 18.7 Å². The fourth-order valence-corrected chi connectivity index (χ4v) is 2.58. The highest BCUT2D eigenvalue weighted by Crippen LogP contribution is 2.30. The molecule has 1 aromatic rings. The van der Waals surface area contributed by atoms with E-state index in [9.17, 15) is 23.5 Å². The van der Waals surface area contributed by atoms with Crippen LogP contribution in [0, 0.1) is 5.41 Å². The van der Waals surface area contributed by atoms with Crippen LogP contribution in [0.2, 0.25) is 0 Å². The summed E-state index contributed by atoms with van der Waals surface area (Å²) in [6.45, 7) is -0.816. The van der Waals surface area contributed by atoms with Crippen molar-refractivity contribution in [3.05, 3.63) is 29.8 Å². The third-order valence-electron chi connectivity index (χ3n) is 3.81. The van der Waals surface area contributed by atoms with Crippen molar-refractivity contribution < 1.29 is 28.2 Å². The number of nitrogens with zero attached hydrogens (tertiary/aromatic N) is 1. The van der Waals surface area contributed by atoms with Gasteiger partial charge in [-0.1, -0.05) is 6.07 Å². The molecular formula is C15H17F2NO4. The number of carbonyl (C=O) groups excluding carboxylic acids is 1. The number of aliphatic carboxylic acids is 1. The summed E-state index contributed by atoms with van der Waals surface area (Å²) in [6, 6.07) is 5.51. The lowest BCUT2D eigenvalue weighted by Gasteiger charge is -2.37. The maximum atomic E-state index is 12.4. The quantitative estimate of drug-likeness (QED) is 0.928. The van der Waals surface area contributed by atoms with Gasteiger partial charge in [0.05, 0.1) is 5.41 Å². The van der Waals surface area contributed by atoms with Crippen LogP contribution in [0.4, 0.5) is 8.78 Å². The molecule has 0 spiro atoms. The molecule has 1 fully saturated rings. The second kappa shape index (κ2) is 6.29. The number of carboxylic acid groups (broad SMARTS) is 1. The number of hydrogen-bond acceptors (Lipinski definition) is 3. The summed E-state index contributed by atoms with van der Waals surface area (Å²) in [5.41, 5.74) is -0.780. The molecular weight excluding hydrogens is 296 g/mol. The number of hydrogen-bond donors (Lipinski definition) is 1. The van der Waals surface area contributed by atoms with Crippen LogP contribution in [0.5, 0.6) is 5.75 Å². The Morgan fingerprint density at radius 2 is 2.14 bits per heavy atom. The number of amides is 1. The summed E-state index contributed by atoms with van der Waals surface area (Å²) in [5, 5.41) is 9.27. The summed E-state index contributed by atoms with van der Waals surface area (Å²) in [7, 11) is 0. The monoisotopic (exact) mass is 313 g/mol. The highest BCUT2D eigenvalue weighted by atomic mass is 19.3. The highest BCUT2D eigenvalue weighted by Gasteiger charge is 2.39. The van der Waals surface area contributed by atoms with Gasteiger partial charge in [-0.15, -0.1) is 0 Å². The van der Waals surface area contributed by atoms with Crippen LogP contribution >= 0.6 is 0 Å². The molecule has 0 bridgehead atoms. The Hall–Kier alpha value is -2.18. The molecule has 0 aliphatic carbocycles. The van der Waals surface area contributed by atoms with E-state index in [1.165, 1.54) is 29.2 Å². The highest BCUT2D eigenvalue weighted by molar-refractivity contribution is 5.95. The molecule has 1 unspecified atom stereocenters. The molecule has 7 heteroatoms. The first kappa shape index (κ1) is 16.2. The van der Waals surface area contributed by atoms with Crippen molar-refractivity contribution in [2.75, 3.05) is 13.1 Å². The standard InChI is InChI=1S/C15H17F2NO4/c1-15(13(20)21)6-3-7-18(9-15)12(19)10-4-2-5-11(8-10)22-14(16)17/h2,4-5,8,14H,3,6-7,9H2,1H3,(H,20,21). The average Bonchev–Trinajstić information content (AvgIpc) is 2.46. The lowest BCUT2D eigenvalue weighted by Crippen LogP contribution is -2.48. The van der Waals surface area contributed by atoms with Gasteiger partial charge >= 0.3 is 12.6 Å². The summed E-state index contributed by atoms with van der Waals surface area (Å²) < 4.78 is 28.7. The lowest BCUT2D eigenvalue weighted by atomic mass is 9.82. The number of benzene rings is 1. The molecule has 1 saturated heterocycles. The minimum Gasteiger partial charge on any atom is -0.481 e. The zero-order valence-electron chi connectivity index (χ0n) is 12.1. The van der Waals surface area contributed by atoms with Gasteiger partial charge in [0.2, 0.25) is 0 Å². The Bertz CT molecular complexity index is 578. The van der Waals surface area contributed by atoms with E-state index in [0.29, 0.717) is 19.4 Å². The first-order valence-electron chi connectivity index (χ1n) is 6.89. The first-order valence-corrected chi connectivity index (χ1v) is 6.89. The zero-order valence-corrected chi connectivity index (χ0v) is 12.1. The van der Waals surface area contributed by atoms with E-state index < -0.39 is 18.0 Å². The number of carbonyl (C=O) groups is 2. The average molecular weight is 313 g/mol. The normalized spacial score (nSPS) is 21.7. The zero-order chi connectivity index (χ0) is 16.3. The molecule has 1 amide bonds. The fourth-order valence-electron chi connectivity index (χ4n) is 2.58. The third kappa shape index (κ3) is 3.52. The smallest absolute Gasteiger partial charge is 0.387 e. The van der Waals surface area contributed by atoms with Gasteiger partial charge in [0.1, 0.15) is 5.75 Å². The molecule has 1 aliphatic heterocycles. The number of carboxylic acids is 1. The van der Waals surface area contributed by atoms with Crippen molar-refractivity contribution in [3.63, 3.8) is 0 Å². The lowest BCUT2D eigenvalue weighted by molar-refractivity contribution is -0.150. The van der Waals surface area contributed by atoms with Gasteiger partial charge in [0.15, 0.2) is 0 Å².